The van der Waals surface area contributed by atoms with Gasteiger partial charge in [0.25, 0.3) is 0 Å². The lowest BCUT2D eigenvalue weighted by atomic mass is 10.0. The first-order chi connectivity index (χ1) is 17.1. The Morgan fingerprint density at radius 2 is 1.75 bits per heavy atom. The number of Topliss-reactive ketones (excluding diaryl/α,β-unsaturated/α-hetero) is 1. The maximum Gasteiger partial charge on any atom is 0.305 e. The third-order valence-electron chi connectivity index (χ3n) is 6.20. The second-order valence-electron chi connectivity index (χ2n) is 9.34. The molecule has 0 aromatic heterocycles. The molecule has 2 atom stereocenters. The zero-order valence-corrected chi connectivity index (χ0v) is 22.3. The zero-order chi connectivity index (χ0) is 26.7. The second kappa shape index (κ2) is 14.7. The average Bonchev–Trinajstić information content (AvgIpc) is 2.85. The van der Waals surface area contributed by atoms with Crippen molar-refractivity contribution in [2.75, 3.05) is 20.0 Å². The number of hydrogen-bond donors (Lipinski definition) is 3. The number of ketones is 1. The summed E-state index contributed by atoms with van der Waals surface area (Å²) in [6.45, 7) is 3.53. The fourth-order valence-corrected chi connectivity index (χ4v) is 5.43. The number of carbonyl (C=O) groups excluding carboxylic acids is 3. The Morgan fingerprint density at radius 1 is 1.06 bits per heavy atom. The number of rotatable bonds is 14. The van der Waals surface area contributed by atoms with Crippen molar-refractivity contribution in [2.24, 2.45) is 5.92 Å². The SMILES string of the molecule is COc1ccc(OC)c(CC(=O)NC(C(=O)NC(CC(=O)O)C(=O)CSC2CCCCC2)C(C)C)c1. The van der Waals surface area contributed by atoms with Gasteiger partial charge in [-0.1, -0.05) is 33.1 Å². The number of ether oxygens (including phenoxy) is 2. The van der Waals surface area contributed by atoms with Gasteiger partial charge in [-0.3, -0.25) is 19.2 Å². The molecule has 9 nitrogen and oxygen atoms in total. The first kappa shape index (κ1) is 29.5. The van der Waals surface area contributed by atoms with Crippen molar-refractivity contribution in [3.8, 4) is 11.5 Å². The van der Waals surface area contributed by atoms with Gasteiger partial charge in [0, 0.05) is 10.8 Å². The van der Waals surface area contributed by atoms with E-state index in [1.807, 2.05) is 0 Å². The van der Waals surface area contributed by atoms with Gasteiger partial charge in [-0.05, 0) is 37.0 Å². The van der Waals surface area contributed by atoms with Gasteiger partial charge in [-0.25, -0.2) is 0 Å². The van der Waals surface area contributed by atoms with Crippen molar-refractivity contribution in [1.29, 1.82) is 0 Å². The molecule has 0 spiro atoms. The minimum Gasteiger partial charge on any atom is -0.497 e. The molecule has 2 unspecified atom stereocenters. The third-order valence-corrected chi connectivity index (χ3v) is 7.60. The van der Waals surface area contributed by atoms with Crippen LogP contribution in [0.2, 0.25) is 0 Å². The molecular weight excluding hydrogens is 484 g/mol. The van der Waals surface area contributed by atoms with Gasteiger partial charge < -0.3 is 25.2 Å². The van der Waals surface area contributed by atoms with Crippen molar-refractivity contribution in [3.05, 3.63) is 23.8 Å². The van der Waals surface area contributed by atoms with E-state index < -0.39 is 36.3 Å². The molecule has 36 heavy (non-hydrogen) atoms. The molecule has 1 fully saturated rings. The largest absolute Gasteiger partial charge is 0.497 e. The molecule has 1 saturated carbocycles. The predicted octanol–water partition coefficient (Wildman–Crippen LogP) is 2.98. The second-order valence-corrected chi connectivity index (χ2v) is 10.6. The quantitative estimate of drug-likeness (QED) is 0.340. The van der Waals surface area contributed by atoms with Crippen molar-refractivity contribution >= 4 is 35.3 Å². The van der Waals surface area contributed by atoms with Crippen LogP contribution in [-0.2, 0) is 25.6 Å². The van der Waals surface area contributed by atoms with Crippen LogP contribution in [0.25, 0.3) is 0 Å². The van der Waals surface area contributed by atoms with E-state index in [0.717, 1.165) is 25.7 Å². The van der Waals surface area contributed by atoms with E-state index >= 15 is 0 Å². The van der Waals surface area contributed by atoms with E-state index in [1.165, 1.54) is 32.4 Å². The number of hydrogen-bond acceptors (Lipinski definition) is 7. The first-order valence-electron chi connectivity index (χ1n) is 12.3. The standard InChI is InChI=1S/C26H38N2O7S/c1-16(2)25(28-23(30)13-17-12-18(34-3)10-11-22(17)35-4)26(33)27-20(14-24(31)32)21(29)15-36-19-8-6-5-7-9-19/h10-12,16,19-20,25H,5-9,13-15H2,1-4H3,(H,27,33)(H,28,30)(H,31,32). The fourth-order valence-electron chi connectivity index (χ4n) is 4.17. The summed E-state index contributed by atoms with van der Waals surface area (Å²) in [6.07, 6.45) is 5.02. The Hall–Kier alpha value is -2.75. The molecule has 2 amide bonds. The highest BCUT2D eigenvalue weighted by Gasteiger charge is 2.30. The van der Waals surface area contributed by atoms with Crippen molar-refractivity contribution in [2.45, 2.75) is 76.1 Å². The molecule has 200 valence electrons. The molecule has 0 bridgehead atoms. The fraction of sp³-hybridized carbons (Fsp3) is 0.615. The molecule has 2 rings (SSSR count). The van der Waals surface area contributed by atoms with Gasteiger partial charge in [-0.2, -0.15) is 11.8 Å². The van der Waals surface area contributed by atoms with Crippen LogP contribution in [0.1, 0.15) is 57.9 Å². The molecule has 1 aromatic rings. The number of nitrogens with one attached hydrogen (secondary N) is 2. The summed E-state index contributed by atoms with van der Waals surface area (Å²) in [5.41, 5.74) is 0.593. The van der Waals surface area contributed by atoms with Crippen LogP contribution in [0.15, 0.2) is 18.2 Å². The summed E-state index contributed by atoms with van der Waals surface area (Å²) in [6, 6.07) is 3.01. The molecule has 10 heteroatoms. The number of methoxy groups -OCH3 is 2. The highest BCUT2D eigenvalue weighted by molar-refractivity contribution is 8.00. The van der Waals surface area contributed by atoms with E-state index in [-0.39, 0.29) is 23.9 Å². The van der Waals surface area contributed by atoms with Crippen LogP contribution in [0.3, 0.4) is 0 Å². The van der Waals surface area contributed by atoms with Gasteiger partial charge in [0.05, 0.1) is 38.9 Å². The zero-order valence-electron chi connectivity index (χ0n) is 21.5. The summed E-state index contributed by atoms with van der Waals surface area (Å²) in [4.78, 5) is 50.1. The van der Waals surface area contributed by atoms with Gasteiger partial charge in [0.15, 0.2) is 5.78 Å². The van der Waals surface area contributed by atoms with Crippen molar-refractivity contribution in [1.82, 2.24) is 10.6 Å². The van der Waals surface area contributed by atoms with Gasteiger partial charge >= 0.3 is 5.97 Å². The number of thioether (sulfide) groups is 1. The average molecular weight is 523 g/mol. The van der Waals surface area contributed by atoms with Crippen LogP contribution >= 0.6 is 11.8 Å². The number of carboxylic acid groups (broad SMARTS) is 1. The van der Waals surface area contributed by atoms with Gasteiger partial charge in [0.1, 0.15) is 17.5 Å². The van der Waals surface area contributed by atoms with E-state index in [2.05, 4.69) is 10.6 Å². The minimum absolute atomic E-state index is 0.0492. The van der Waals surface area contributed by atoms with Crippen molar-refractivity contribution < 1.29 is 33.8 Å². The lowest BCUT2D eigenvalue weighted by Gasteiger charge is -2.25. The minimum atomic E-state index is -1.17. The predicted molar refractivity (Wildman–Crippen MR) is 139 cm³/mol. The molecular formula is C26H38N2O7S. The molecule has 1 aliphatic rings. The monoisotopic (exact) mass is 522 g/mol. The highest BCUT2D eigenvalue weighted by Crippen LogP contribution is 2.28. The Morgan fingerprint density at radius 3 is 2.33 bits per heavy atom. The van der Waals surface area contributed by atoms with E-state index in [4.69, 9.17) is 9.47 Å². The molecule has 0 radical (unpaired) electrons. The Labute approximate surface area is 217 Å². The summed E-state index contributed by atoms with van der Waals surface area (Å²) in [7, 11) is 3.02. The van der Waals surface area contributed by atoms with Crippen molar-refractivity contribution in [3.63, 3.8) is 0 Å². The maximum absolute atomic E-state index is 13.1. The van der Waals surface area contributed by atoms with Crippen LogP contribution in [0.5, 0.6) is 11.5 Å². The highest BCUT2D eigenvalue weighted by atomic mass is 32.2. The molecule has 0 aliphatic heterocycles. The Kier molecular flexibility index (Phi) is 12.1. The van der Waals surface area contributed by atoms with Gasteiger partial charge in [-0.15, -0.1) is 0 Å². The normalized spacial score (nSPS) is 15.6. The van der Waals surface area contributed by atoms with Crippen LogP contribution < -0.4 is 20.1 Å². The number of aliphatic carboxylic acids is 1. The molecule has 3 N–H and O–H groups in total. The van der Waals surface area contributed by atoms with Crippen LogP contribution in [0.4, 0.5) is 0 Å². The van der Waals surface area contributed by atoms with E-state index in [0.29, 0.717) is 22.3 Å². The van der Waals surface area contributed by atoms with Crippen LogP contribution in [-0.4, -0.2) is 66.0 Å². The topological polar surface area (TPSA) is 131 Å². The summed E-state index contributed by atoms with van der Waals surface area (Å²) in [5, 5.41) is 15.0. The number of benzene rings is 1. The summed E-state index contributed by atoms with van der Waals surface area (Å²) < 4.78 is 10.5. The lowest BCUT2D eigenvalue weighted by Crippen LogP contribution is -2.54. The van der Waals surface area contributed by atoms with Crippen LogP contribution in [0, 0.1) is 5.92 Å². The molecule has 0 saturated heterocycles. The molecule has 0 heterocycles. The maximum atomic E-state index is 13.1. The summed E-state index contributed by atoms with van der Waals surface area (Å²) >= 11 is 1.54. The Bertz CT molecular complexity index is 916. The number of carboxylic acids is 1. The first-order valence-corrected chi connectivity index (χ1v) is 13.4. The Balaban J connectivity index is 2.04. The molecule has 1 aromatic carbocycles. The summed E-state index contributed by atoms with van der Waals surface area (Å²) in [5.74, 6) is -1.56. The lowest BCUT2D eigenvalue weighted by molar-refractivity contribution is -0.140. The molecule has 1 aliphatic carbocycles. The van der Waals surface area contributed by atoms with Gasteiger partial charge in [0.2, 0.25) is 11.8 Å². The van der Waals surface area contributed by atoms with E-state index in [1.54, 1.807) is 32.0 Å². The third kappa shape index (κ3) is 9.37. The number of amides is 2. The van der Waals surface area contributed by atoms with E-state index in [9.17, 15) is 24.3 Å². The smallest absolute Gasteiger partial charge is 0.305 e. The number of carbonyl (C=O) groups is 4.